The summed E-state index contributed by atoms with van der Waals surface area (Å²) in [4.78, 5) is 4.57. The van der Waals surface area contributed by atoms with Crippen molar-refractivity contribution < 1.29 is 9.47 Å². The molecule has 0 fully saturated rings. The molecule has 3 heteroatoms. The molecule has 0 saturated carbocycles. The lowest BCUT2D eigenvalue weighted by Gasteiger charge is -2.09. The molecular weight excluding hydrogens is 394 g/mol. The largest absolute Gasteiger partial charge is 0.494 e. The van der Waals surface area contributed by atoms with Crippen LogP contribution in [0.5, 0.6) is 11.5 Å². The van der Waals surface area contributed by atoms with Gasteiger partial charge >= 0.3 is 0 Å². The number of ether oxygens (including phenoxy) is 2. The van der Waals surface area contributed by atoms with Gasteiger partial charge in [-0.1, -0.05) is 90.9 Å². The molecule has 0 spiro atoms. The standard InChI is InChI=1S/C29H45NO2/c1-3-5-7-9-11-12-14-15-23-31-27-19-17-26(18-20-27)29-22-21-28(25-30-29)32-24-16-13-10-8-6-4-2/h17-22,25H,3-16,23-24H2,1-2H3. The third-order valence-electron chi connectivity index (χ3n) is 5.92. The summed E-state index contributed by atoms with van der Waals surface area (Å²) in [6, 6.07) is 12.3. The zero-order valence-electron chi connectivity index (χ0n) is 20.6. The number of nitrogens with zero attached hydrogens (tertiary/aromatic N) is 1. The highest BCUT2D eigenvalue weighted by Gasteiger charge is 2.02. The van der Waals surface area contributed by atoms with Gasteiger partial charge in [-0.05, 0) is 49.2 Å². The average molecular weight is 440 g/mol. The van der Waals surface area contributed by atoms with Crippen molar-refractivity contribution in [3.8, 4) is 22.8 Å². The average Bonchev–Trinajstić information content (AvgIpc) is 2.83. The van der Waals surface area contributed by atoms with Gasteiger partial charge in [-0.15, -0.1) is 0 Å². The molecule has 0 amide bonds. The van der Waals surface area contributed by atoms with E-state index in [1.54, 1.807) is 0 Å². The quantitative estimate of drug-likeness (QED) is 0.205. The van der Waals surface area contributed by atoms with E-state index < -0.39 is 0 Å². The first kappa shape index (κ1) is 26.2. The lowest BCUT2D eigenvalue weighted by molar-refractivity contribution is 0.303. The summed E-state index contributed by atoms with van der Waals surface area (Å²) >= 11 is 0. The first-order valence-electron chi connectivity index (χ1n) is 13.2. The van der Waals surface area contributed by atoms with Gasteiger partial charge in [0.15, 0.2) is 0 Å². The highest BCUT2D eigenvalue weighted by Crippen LogP contribution is 2.23. The monoisotopic (exact) mass is 439 g/mol. The molecule has 0 aliphatic rings. The molecule has 178 valence electrons. The van der Waals surface area contributed by atoms with Crippen LogP contribution < -0.4 is 9.47 Å². The summed E-state index contributed by atoms with van der Waals surface area (Å²) in [7, 11) is 0. The van der Waals surface area contributed by atoms with Gasteiger partial charge in [0.1, 0.15) is 11.5 Å². The smallest absolute Gasteiger partial charge is 0.137 e. The van der Waals surface area contributed by atoms with E-state index in [-0.39, 0.29) is 0 Å². The minimum atomic E-state index is 0.776. The van der Waals surface area contributed by atoms with Crippen molar-refractivity contribution in [1.29, 1.82) is 0 Å². The molecule has 0 radical (unpaired) electrons. The SMILES string of the molecule is CCCCCCCCCCOc1ccc(-c2ccc(OCCCCCCCC)cn2)cc1. The second-order valence-electron chi connectivity index (χ2n) is 8.84. The number of hydrogen-bond acceptors (Lipinski definition) is 3. The zero-order chi connectivity index (χ0) is 22.7. The maximum Gasteiger partial charge on any atom is 0.137 e. The molecule has 0 N–H and O–H groups in total. The fourth-order valence-electron chi connectivity index (χ4n) is 3.86. The van der Waals surface area contributed by atoms with Crippen LogP contribution in [0.1, 0.15) is 104 Å². The number of pyridine rings is 1. The molecule has 0 aliphatic carbocycles. The zero-order valence-corrected chi connectivity index (χ0v) is 20.6. The lowest BCUT2D eigenvalue weighted by atomic mass is 10.1. The van der Waals surface area contributed by atoms with E-state index in [4.69, 9.17) is 9.47 Å². The first-order valence-corrected chi connectivity index (χ1v) is 13.2. The van der Waals surface area contributed by atoms with Crippen LogP contribution in [-0.4, -0.2) is 18.2 Å². The Bertz CT molecular complexity index is 681. The molecule has 0 unspecified atom stereocenters. The number of aromatic nitrogens is 1. The Morgan fingerprint density at radius 3 is 1.50 bits per heavy atom. The molecule has 3 nitrogen and oxygen atoms in total. The molecule has 1 aromatic carbocycles. The van der Waals surface area contributed by atoms with Crippen LogP contribution in [0.4, 0.5) is 0 Å². The van der Waals surface area contributed by atoms with Crippen molar-refractivity contribution in [2.24, 2.45) is 0 Å². The van der Waals surface area contributed by atoms with Crippen LogP contribution in [0.15, 0.2) is 42.6 Å². The maximum absolute atomic E-state index is 5.91. The van der Waals surface area contributed by atoms with Crippen molar-refractivity contribution in [2.45, 2.75) is 104 Å². The number of unbranched alkanes of at least 4 members (excludes halogenated alkanes) is 12. The van der Waals surface area contributed by atoms with Crippen molar-refractivity contribution in [3.63, 3.8) is 0 Å². The normalized spacial score (nSPS) is 10.9. The maximum atomic E-state index is 5.91. The van der Waals surface area contributed by atoms with E-state index in [9.17, 15) is 0 Å². The van der Waals surface area contributed by atoms with Crippen LogP contribution >= 0.6 is 0 Å². The van der Waals surface area contributed by atoms with Gasteiger partial charge in [0, 0.05) is 5.56 Å². The minimum absolute atomic E-state index is 0.776. The van der Waals surface area contributed by atoms with E-state index in [1.807, 2.05) is 30.5 Å². The fraction of sp³-hybridized carbons (Fsp3) is 0.621. The van der Waals surface area contributed by atoms with E-state index in [0.717, 1.165) is 48.8 Å². The van der Waals surface area contributed by atoms with Gasteiger partial charge in [0.05, 0.1) is 25.1 Å². The molecule has 1 aromatic heterocycles. The van der Waals surface area contributed by atoms with Crippen LogP contribution in [0.2, 0.25) is 0 Å². The minimum Gasteiger partial charge on any atom is -0.494 e. The first-order chi connectivity index (χ1) is 15.8. The third kappa shape index (κ3) is 11.5. The van der Waals surface area contributed by atoms with Gasteiger partial charge in [-0.3, -0.25) is 4.98 Å². The number of benzene rings is 1. The predicted octanol–water partition coefficient (Wildman–Crippen LogP) is 9.01. The van der Waals surface area contributed by atoms with Crippen LogP contribution in [0.25, 0.3) is 11.3 Å². The van der Waals surface area contributed by atoms with Gasteiger partial charge in [-0.2, -0.15) is 0 Å². The van der Waals surface area contributed by atoms with Crippen LogP contribution in [0, 0.1) is 0 Å². The summed E-state index contributed by atoms with van der Waals surface area (Å²) in [6.45, 7) is 6.10. The van der Waals surface area contributed by atoms with E-state index in [0.29, 0.717) is 0 Å². The molecule has 2 rings (SSSR count). The molecule has 0 bridgehead atoms. The molecule has 32 heavy (non-hydrogen) atoms. The topological polar surface area (TPSA) is 31.4 Å². The summed E-state index contributed by atoms with van der Waals surface area (Å²) in [5, 5.41) is 0. The van der Waals surface area contributed by atoms with Crippen LogP contribution in [-0.2, 0) is 0 Å². The van der Waals surface area contributed by atoms with Crippen LogP contribution in [0.3, 0.4) is 0 Å². The second kappa shape index (κ2) is 17.5. The Morgan fingerprint density at radius 2 is 1.00 bits per heavy atom. The highest BCUT2D eigenvalue weighted by atomic mass is 16.5. The Kier molecular flexibility index (Phi) is 14.4. The highest BCUT2D eigenvalue weighted by molar-refractivity contribution is 5.60. The summed E-state index contributed by atoms with van der Waals surface area (Å²) in [6.07, 6.45) is 20.1. The molecule has 0 aliphatic heterocycles. The Hall–Kier alpha value is -2.03. The predicted molar refractivity (Wildman–Crippen MR) is 137 cm³/mol. The van der Waals surface area contributed by atoms with Gasteiger partial charge < -0.3 is 9.47 Å². The molecule has 0 saturated heterocycles. The molecule has 2 aromatic rings. The van der Waals surface area contributed by atoms with E-state index in [1.165, 1.54) is 77.0 Å². The lowest BCUT2D eigenvalue weighted by Crippen LogP contribution is -1.98. The molecule has 0 atom stereocenters. The van der Waals surface area contributed by atoms with Crippen molar-refractivity contribution in [2.75, 3.05) is 13.2 Å². The number of hydrogen-bond donors (Lipinski definition) is 0. The van der Waals surface area contributed by atoms with Crippen molar-refractivity contribution in [3.05, 3.63) is 42.6 Å². The molecule has 1 heterocycles. The summed E-state index contributed by atoms with van der Waals surface area (Å²) in [5.74, 6) is 1.79. The van der Waals surface area contributed by atoms with E-state index in [2.05, 4.69) is 31.0 Å². The van der Waals surface area contributed by atoms with Gasteiger partial charge in [0.25, 0.3) is 0 Å². The Balaban J connectivity index is 1.60. The Labute approximate surface area is 197 Å². The van der Waals surface area contributed by atoms with Crippen molar-refractivity contribution >= 4 is 0 Å². The fourth-order valence-corrected chi connectivity index (χ4v) is 3.86. The van der Waals surface area contributed by atoms with Gasteiger partial charge in [0.2, 0.25) is 0 Å². The third-order valence-corrected chi connectivity index (χ3v) is 5.92. The number of rotatable bonds is 19. The van der Waals surface area contributed by atoms with Gasteiger partial charge in [-0.25, -0.2) is 0 Å². The molecular formula is C29H45NO2. The second-order valence-corrected chi connectivity index (χ2v) is 8.84. The van der Waals surface area contributed by atoms with Crippen molar-refractivity contribution in [1.82, 2.24) is 4.98 Å². The van der Waals surface area contributed by atoms with E-state index >= 15 is 0 Å². The Morgan fingerprint density at radius 1 is 0.531 bits per heavy atom. The summed E-state index contributed by atoms with van der Waals surface area (Å²) in [5.41, 5.74) is 2.07. The summed E-state index contributed by atoms with van der Waals surface area (Å²) < 4.78 is 11.7.